The maximum absolute atomic E-state index is 13.7. The fourth-order valence-electron chi connectivity index (χ4n) is 2.12. The van der Waals surface area contributed by atoms with E-state index in [0.29, 0.717) is 17.0 Å². The van der Waals surface area contributed by atoms with Crippen molar-refractivity contribution in [1.82, 2.24) is 4.98 Å². The summed E-state index contributed by atoms with van der Waals surface area (Å²) in [6.07, 6.45) is 2.15. The van der Waals surface area contributed by atoms with Crippen molar-refractivity contribution in [2.75, 3.05) is 0 Å². The van der Waals surface area contributed by atoms with Crippen LogP contribution in [0, 0.1) is 5.82 Å². The van der Waals surface area contributed by atoms with Crippen LogP contribution in [0.5, 0.6) is 0 Å². The summed E-state index contributed by atoms with van der Waals surface area (Å²) >= 11 is 7.51. The predicted octanol–water partition coefficient (Wildman–Crippen LogP) is 4.33. The van der Waals surface area contributed by atoms with Crippen molar-refractivity contribution in [3.05, 3.63) is 63.9 Å². The summed E-state index contributed by atoms with van der Waals surface area (Å²) in [5.74, 6) is -0.282. The van der Waals surface area contributed by atoms with Crippen LogP contribution < -0.4 is 5.73 Å². The molecule has 20 heavy (non-hydrogen) atoms. The fraction of sp³-hybridized carbons (Fsp3) is 0.133. The Morgan fingerprint density at radius 2 is 2.15 bits per heavy atom. The molecular formula is C15H12ClFN2S. The molecule has 102 valence electrons. The van der Waals surface area contributed by atoms with Gasteiger partial charge in [0.25, 0.3) is 0 Å². The molecule has 0 aliphatic heterocycles. The number of halogens is 2. The first kappa shape index (κ1) is 13.5. The van der Waals surface area contributed by atoms with E-state index in [-0.39, 0.29) is 11.9 Å². The van der Waals surface area contributed by atoms with Gasteiger partial charge in [-0.3, -0.25) is 4.98 Å². The van der Waals surface area contributed by atoms with E-state index in [1.165, 1.54) is 12.1 Å². The lowest BCUT2D eigenvalue weighted by atomic mass is 10.0. The molecule has 2 heterocycles. The van der Waals surface area contributed by atoms with Crippen LogP contribution in [0.3, 0.4) is 0 Å². The number of rotatable bonds is 3. The molecule has 2 nitrogen and oxygen atoms in total. The van der Waals surface area contributed by atoms with E-state index >= 15 is 0 Å². The summed E-state index contributed by atoms with van der Waals surface area (Å²) in [7, 11) is 0. The van der Waals surface area contributed by atoms with E-state index in [2.05, 4.69) is 4.98 Å². The minimum atomic E-state index is -0.304. The molecular weight excluding hydrogens is 295 g/mol. The average molecular weight is 307 g/mol. The number of thiophene rings is 1. The van der Waals surface area contributed by atoms with Crippen molar-refractivity contribution in [3.63, 3.8) is 0 Å². The largest absolute Gasteiger partial charge is 0.324 e. The minimum Gasteiger partial charge on any atom is -0.324 e. The zero-order chi connectivity index (χ0) is 14.1. The highest BCUT2D eigenvalue weighted by Crippen LogP contribution is 2.25. The Labute approximate surface area is 125 Å². The Bertz CT molecular complexity index is 756. The van der Waals surface area contributed by atoms with Crippen molar-refractivity contribution in [2.45, 2.75) is 12.5 Å². The first-order valence-corrected chi connectivity index (χ1v) is 7.42. The Balaban J connectivity index is 1.88. The van der Waals surface area contributed by atoms with Crippen LogP contribution >= 0.6 is 22.9 Å². The average Bonchev–Trinajstić information content (AvgIpc) is 2.90. The number of aromatic nitrogens is 1. The maximum atomic E-state index is 13.7. The van der Waals surface area contributed by atoms with Crippen molar-refractivity contribution < 1.29 is 4.39 Å². The zero-order valence-corrected chi connectivity index (χ0v) is 12.1. The van der Waals surface area contributed by atoms with E-state index in [4.69, 9.17) is 17.3 Å². The zero-order valence-electron chi connectivity index (χ0n) is 10.5. The fourth-order valence-corrected chi connectivity index (χ4v) is 3.10. The van der Waals surface area contributed by atoms with Gasteiger partial charge in [-0.1, -0.05) is 11.6 Å². The van der Waals surface area contributed by atoms with Crippen LogP contribution in [0.2, 0.25) is 5.02 Å². The summed E-state index contributed by atoms with van der Waals surface area (Å²) in [5.41, 5.74) is 8.55. The molecule has 1 unspecified atom stereocenters. The van der Waals surface area contributed by atoms with E-state index in [0.717, 1.165) is 15.8 Å². The second-order valence-corrected chi connectivity index (χ2v) is 6.00. The van der Waals surface area contributed by atoms with Gasteiger partial charge in [-0.05, 0) is 53.3 Å². The number of pyridine rings is 1. The van der Waals surface area contributed by atoms with Gasteiger partial charge in [-0.15, -0.1) is 11.3 Å². The monoisotopic (exact) mass is 306 g/mol. The van der Waals surface area contributed by atoms with E-state index < -0.39 is 0 Å². The van der Waals surface area contributed by atoms with Crippen molar-refractivity contribution >= 4 is 33.2 Å². The molecule has 2 N–H and O–H groups in total. The van der Waals surface area contributed by atoms with Gasteiger partial charge in [0, 0.05) is 17.3 Å². The third-order valence-electron chi connectivity index (χ3n) is 3.20. The summed E-state index contributed by atoms with van der Waals surface area (Å²) in [4.78, 5) is 4.35. The maximum Gasteiger partial charge on any atom is 0.126 e. The van der Waals surface area contributed by atoms with Crippen LogP contribution in [-0.4, -0.2) is 4.98 Å². The van der Waals surface area contributed by atoms with E-state index in [1.54, 1.807) is 23.6 Å². The molecule has 5 heteroatoms. The van der Waals surface area contributed by atoms with Crippen LogP contribution in [0.4, 0.5) is 4.39 Å². The van der Waals surface area contributed by atoms with Crippen LogP contribution in [0.25, 0.3) is 10.2 Å². The Kier molecular flexibility index (Phi) is 3.70. The molecule has 0 saturated heterocycles. The Hall–Kier alpha value is -1.49. The summed E-state index contributed by atoms with van der Waals surface area (Å²) < 4.78 is 14.8. The first-order valence-electron chi connectivity index (χ1n) is 6.16. The SMILES string of the molecule is NC(Cc1cc(Cl)ccc1F)c1cnc2ccsc2c1. The molecule has 0 aliphatic rings. The molecule has 0 amide bonds. The standard InChI is InChI=1S/C15H12ClFN2S/c16-11-1-2-12(17)9(5-11)6-13(18)10-7-15-14(19-8-10)3-4-20-15/h1-5,7-8,13H,6,18H2. The van der Waals surface area contributed by atoms with Gasteiger partial charge in [0.1, 0.15) is 5.82 Å². The molecule has 3 rings (SSSR count). The number of hydrogen-bond acceptors (Lipinski definition) is 3. The summed E-state index contributed by atoms with van der Waals surface area (Å²) in [5, 5.41) is 2.50. The highest BCUT2D eigenvalue weighted by Gasteiger charge is 2.12. The second kappa shape index (κ2) is 5.48. The molecule has 0 aliphatic carbocycles. The summed E-state index contributed by atoms with van der Waals surface area (Å²) in [6.45, 7) is 0. The number of fused-ring (bicyclic) bond motifs is 1. The topological polar surface area (TPSA) is 38.9 Å². The predicted molar refractivity (Wildman–Crippen MR) is 81.7 cm³/mol. The highest BCUT2D eigenvalue weighted by atomic mass is 35.5. The number of hydrogen-bond donors (Lipinski definition) is 1. The molecule has 0 saturated carbocycles. The lowest BCUT2D eigenvalue weighted by Crippen LogP contribution is -2.14. The van der Waals surface area contributed by atoms with Crippen LogP contribution in [0.15, 0.2) is 41.9 Å². The van der Waals surface area contributed by atoms with E-state index in [9.17, 15) is 4.39 Å². The molecule has 0 radical (unpaired) electrons. The smallest absolute Gasteiger partial charge is 0.126 e. The Morgan fingerprint density at radius 1 is 1.30 bits per heavy atom. The number of benzene rings is 1. The van der Waals surface area contributed by atoms with Gasteiger partial charge in [0.15, 0.2) is 0 Å². The molecule has 1 aromatic carbocycles. The molecule has 1 atom stereocenters. The highest BCUT2D eigenvalue weighted by molar-refractivity contribution is 7.17. The molecule has 0 spiro atoms. The van der Waals surface area contributed by atoms with Crippen molar-refractivity contribution in [2.24, 2.45) is 5.73 Å². The molecule has 3 aromatic rings. The third-order valence-corrected chi connectivity index (χ3v) is 4.29. The van der Waals surface area contributed by atoms with Gasteiger partial charge in [0.2, 0.25) is 0 Å². The van der Waals surface area contributed by atoms with E-state index in [1.807, 2.05) is 17.5 Å². The van der Waals surface area contributed by atoms with Crippen molar-refractivity contribution in [3.8, 4) is 0 Å². The Morgan fingerprint density at radius 3 is 3.00 bits per heavy atom. The first-order chi connectivity index (χ1) is 9.63. The molecule has 0 fully saturated rings. The lowest BCUT2D eigenvalue weighted by Gasteiger charge is -2.12. The number of nitrogens with zero attached hydrogens (tertiary/aromatic N) is 1. The van der Waals surface area contributed by atoms with Gasteiger partial charge < -0.3 is 5.73 Å². The van der Waals surface area contributed by atoms with Gasteiger partial charge in [-0.2, -0.15) is 0 Å². The third kappa shape index (κ3) is 2.68. The van der Waals surface area contributed by atoms with Crippen LogP contribution in [-0.2, 0) is 6.42 Å². The van der Waals surface area contributed by atoms with Crippen molar-refractivity contribution in [1.29, 1.82) is 0 Å². The normalized spacial score (nSPS) is 12.8. The molecule has 2 aromatic heterocycles. The quantitative estimate of drug-likeness (QED) is 0.782. The second-order valence-electron chi connectivity index (χ2n) is 4.62. The van der Waals surface area contributed by atoms with Gasteiger partial charge >= 0.3 is 0 Å². The number of nitrogens with two attached hydrogens (primary N) is 1. The van der Waals surface area contributed by atoms with Crippen LogP contribution in [0.1, 0.15) is 17.2 Å². The summed E-state index contributed by atoms with van der Waals surface area (Å²) in [6, 6.07) is 8.19. The lowest BCUT2D eigenvalue weighted by molar-refractivity contribution is 0.593. The molecule has 0 bridgehead atoms. The van der Waals surface area contributed by atoms with Gasteiger partial charge in [0.05, 0.1) is 10.2 Å². The minimum absolute atomic E-state index is 0.282. The van der Waals surface area contributed by atoms with Gasteiger partial charge in [-0.25, -0.2) is 4.39 Å².